The molecule has 7 heteroatoms. The number of nitrogens with one attached hydrogen (secondary N) is 1. The van der Waals surface area contributed by atoms with Crippen molar-refractivity contribution in [2.75, 3.05) is 5.43 Å². The smallest absolute Gasteiger partial charge is 0.292 e. The molecule has 0 fully saturated rings. The maximum atomic E-state index is 12.4. The average molecular weight is 254 g/mol. The SMILES string of the molecule is NNc1ncc(-c2ccc(C(F)(F)F)cc2)cn1. The minimum Gasteiger partial charge on any atom is -0.292 e. The summed E-state index contributed by atoms with van der Waals surface area (Å²) in [7, 11) is 0. The van der Waals surface area contributed by atoms with E-state index in [1.54, 1.807) is 0 Å². The second-order valence-electron chi connectivity index (χ2n) is 3.51. The minimum absolute atomic E-state index is 0.241. The van der Waals surface area contributed by atoms with Crippen LogP contribution in [0.5, 0.6) is 0 Å². The third-order valence-electron chi connectivity index (χ3n) is 2.33. The molecule has 0 spiro atoms. The fourth-order valence-corrected chi connectivity index (χ4v) is 1.40. The molecule has 1 aromatic carbocycles. The van der Waals surface area contributed by atoms with Crippen LogP contribution in [0.4, 0.5) is 19.1 Å². The van der Waals surface area contributed by atoms with Crippen LogP contribution < -0.4 is 11.3 Å². The average Bonchev–Trinajstić information content (AvgIpc) is 2.38. The van der Waals surface area contributed by atoms with Crippen molar-refractivity contribution in [3.05, 3.63) is 42.2 Å². The van der Waals surface area contributed by atoms with E-state index in [4.69, 9.17) is 5.84 Å². The third-order valence-corrected chi connectivity index (χ3v) is 2.33. The van der Waals surface area contributed by atoms with Crippen LogP contribution in [0.3, 0.4) is 0 Å². The Hall–Kier alpha value is -2.15. The molecule has 0 saturated carbocycles. The molecule has 0 amide bonds. The second-order valence-corrected chi connectivity index (χ2v) is 3.51. The van der Waals surface area contributed by atoms with Gasteiger partial charge in [0.2, 0.25) is 5.95 Å². The zero-order valence-electron chi connectivity index (χ0n) is 9.07. The standard InChI is InChI=1S/C11H9F3N4/c12-11(13,14)9-3-1-7(2-4-9)8-5-16-10(18-15)17-6-8/h1-6H,15H2,(H,16,17,18). The van der Waals surface area contributed by atoms with E-state index in [2.05, 4.69) is 15.4 Å². The number of hydrazine groups is 1. The number of halogens is 3. The number of nitrogen functional groups attached to an aromatic ring is 1. The lowest BCUT2D eigenvalue weighted by Crippen LogP contribution is -2.09. The molecular formula is C11H9F3N4. The topological polar surface area (TPSA) is 63.8 Å². The number of hydrogen-bond acceptors (Lipinski definition) is 4. The number of nitrogens with two attached hydrogens (primary N) is 1. The summed E-state index contributed by atoms with van der Waals surface area (Å²) in [6, 6.07) is 4.78. The second kappa shape index (κ2) is 4.61. The maximum absolute atomic E-state index is 12.4. The number of rotatable bonds is 2. The number of aromatic nitrogens is 2. The van der Waals surface area contributed by atoms with Gasteiger partial charge in [-0.3, -0.25) is 5.43 Å². The quantitative estimate of drug-likeness (QED) is 0.638. The highest BCUT2D eigenvalue weighted by Gasteiger charge is 2.29. The lowest BCUT2D eigenvalue weighted by atomic mass is 10.1. The van der Waals surface area contributed by atoms with Crippen molar-refractivity contribution in [2.24, 2.45) is 5.84 Å². The molecule has 0 unspecified atom stereocenters. The van der Waals surface area contributed by atoms with Crippen molar-refractivity contribution >= 4 is 5.95 Å². The van der Waals surface area contributed by atoms with E-state index in [1.807, 2.05) is 0 Å². The van der Waals surface area contributed by atoms with Crippen LogP contribution in [0.25, 0.3) is 11.1 Å². The summed E-state index contributed by atoms with van der Waals surface area (Å²) in [6.45, 7) is 0. The summed E-state index contributed by atoms with van der Waals surface area (Å²) in [4.78, 5) is 7.75. The molecule has 2 aromatic rings. The van der Waals surface area contributed by atoms with Crippen LogP contribution in [0.15, 0.2) is 36.7 Å². The van der Waals surface area contributed by atoms with Gasteiger partial charge in [0.25, 0.3) is 0 Å². The summed E-state index contributed by atoms with van der Waals surface area (Å²) < 4.78 is 37.1. The third kappa shape index (κ3) is 2.57. The van der Waals surface area contributed by atoms with Crippen molar-refractivity contribution < 1.29 is 13.2 Å². The minimum atomic E-state index is -4.33. The van der Waals surface area contributed by atoms with E-state index < -0.39 is 11.7 Å². The predicted octanol–water partition coefficient (Wildman–Crippen LogP) is 2.45. The number of nitrogens with zero attached hydrogens (tertiary/aromatic N) is 2. The molecule has 0 aliphatic heterocycles. The summed E-state index contributed by atoms with van der Waals surface area (Å²) >= 11 is 0. The fourth-order valence-electron chi connectivity index (χ4n) is 1.40. The Balaban J connectivity index is 2.28. The van der Waals surface area contributed by atoms with Gasteiger partial charge in [-0.05, 0) is 17.7 Å². The Labute approximate surface area is 101 Å². The normalized spacial score (nSPS) is 11.3. The van der Waals surface area contributed by atoms with Gasteiger partial charge in [0, 0.05) is 18.0 Å². The Morgan fingerprint density at radius 1 is 0.944 bits per heavy atom. The molecule has 4 nitrogen and oxygen atoms in total. The Kier molecular flexibility index (Phi) is 3.15. The molecule has 0 saturated heterocycles. The molecule has 0 atom stereocenters. The van der Waals surface area contributed by atoms with Gasteiger partial charge in [-0.1, -0.05) is 12.1 Å². The van der Waals surface area contributed by atoms with Gasteiger partial charge in [0.05, 0.1) is 5.56 Å². The molecule has 2 rings (SSSR count). The Bertz CT molecular complexity index is 519. The zero-order valence-corrected chi connectivity index (χ0v) is 9.07. The molecule has 0 bridgehead atoms. The van der Waals surface area contributed by atoms with Crippen LogP contribution in [-0.2, 0) is 6.18 Å². The summed E-state index contributed by atoms with van der Waals surface area (Å²) in [6.07, 6.45) is -1.38. The summed E-state index contributed by atoms with van der Waals surface area (Å²) in [5, 5.41) is 0. The van der Waals surface area contributed by atoms with Crippen molar-refractivity contribution in [3.8, 4) is 11.1 Å². The first kappa shape index (κ1) is 12.3. The van der Waals surface area contributed by atoms with Crippen LogP contribution >= 0.6 is 0 Å². The van der Waals surface area contributed by atoms with Crippen molar-refractivity contribution in [1.29, 1.82) is 0 Å². The van der Waals surface area contributed by atoms with Gasteiger partial charge in [-0.15, -0.1) is 0 Å². The number of alkyl halides is 3. The van der Waals surface area contributed by atoms with Crippen molar-refractivity contribution in [1.82, 2.24) is 9.97 Å². The lowest BCUT2D eigenvalue weighted by molar-refractivity contribution is -0.137. The molecule has 18 heavy (non-hydrogen) atoms. The van der Waals surface area contributed by atoms with E-state index in [1.165, 1.54) is 24.5 Å². The van der Waals surface area contributed by atoms with Crippen molar-refractivity contribution in [3.63, 3.8) is 0 Å². The summed E-state index contributed by atoms with van der Waals surface area (Å²) in [5.74, 6) is 5.35. The van der Waals surface area contributed by atoms with E-state index in [0.717, 1.165) is 12.1 Å². The largest absolute Gasteiger partial charge is 0.416 e. The molecule has 1 aromatic heterocycles. The van der Waals surface area contributed by atoms with Gasteiger partial charge in [0.1, 0.15) is 0 Å². The van der Waals surface area contributed by atoms with Gasteiger partial charge in [0.15, 0.2) is 0 Å². The Morgan fingerprint density at radius 2 is 1.50 bits per heavy atom. The van der Waals surface area contributed by atoms with Crippen molar-refractivity contribution in [2.45, 2.75) is 6.18 Å². The van der Waals surface area contributed by atoms with Gasteiger partial charge in [-0.2, -0.15) is 13.2 Å². The van der Waals surface area contributed by atoms with E-state index in [0.29, 0.717) is 11.1 Å². The highest BCUT2D eigenvalue weighted by atomic mass is 19.4. The van der Waals surface area contributed by atoms with Gasteiger partial charge >= 0.3 is 6.18 Å². The van der Waals surface area contributed by atoms with Crippen LogP contribution in [0.2, 0.25) is 0 Å². The first-order valence-electron chi connectivity index (χ1n) is 4.97. The molecular weight excluding hydrogens is 245 g/mol. The Morgan fingerprint density at radius 3 is 1.94 bits per heavy atom. The molecule has 0 aliphatic rings. The maximum Gasteiger partial charge on any atom is 0.416 e. The summed E-state index contributed by atoms with van der Waals surface area (Å²) in [5.41, 5.74) is 2.79. The molecule has 94 valence electrons. The molecule has 0 aliphatic carbocycles. The highest BCUT2D eigenvalue weighted by molar-refractivity contribution is 5.62. The first-order valence-corrected chi connectivity index (χ1v) is 4.97. The zero-order chi connectivity index (χ0) is 13.2. The van der Waals surface area contributed by atoms with E-state index >= 15 is 0 Å². The van der Waals surface area contributed by atoms with Crippen LogP contribution in [0, 0.1) is 0 Å². The number of hydrogen-bond donors (Lipinski definition) is 2. The van der Waals surface area contributed by atoms with Gasteiger partial charge < -0.3 is 0 Å². The van der Waals surface area contributed by atoms with Crippen LogP contribution in [0.1, 0.15) is 5.56 Å². The van der Waals surface area contributed by atoms with E-state index in [9.17, 15) is 13.2 Å². The fraction of sp³-hybridized carbons (Fsp3) is 0.0909. The number of benzene rings is 1. The van der Waals surface area contributed by atoms with Gasteiger partial charge in [-0.25, -0.2) is 15.8 Å². The number of anilines is 1. The first-order chi connectivity index (χ1) is 8.50. The predicted molar refractivity (Wildman–Crippen MR) is 60.3 cm³/mol. The van der Waals surface area contributed by atoms with E-state index in [-0.39, 0.29) is 5.95 Å². The molecule has 3 N–H and O–H groups in total. The van der Waals surface area contributed by atoms with Crippen LogP contribution in [-0.4, -0.2) is 9.97 Å². The molecule has 1 heterocycles. The highest BCUT2D eigenvalue weighted by Crippen LogP contribution is 2.30. The monoisotopic (exact) mass is 254 g/mol. The molecule has 0 radical (unpaired) electrons. The lowest BCUT2D eigenvalue weighted by Gasteiger charge is -2.07.